The molecule has 28 heavy (non-hydrogen) atoms. The van der Waals surface area contributed by atoms with Crippen LogP contribution in [0.4, 0.5) is 11.8 Å². The summed E-state index contributed by atoms with van der Waals surface area (Å²) in [6.45, 7) is 9.32. The summed E-state index contributed by atoms with van der Waals surface area (Å²) in [5.41, 5.74) is 0.846. The van der Waals surface area contributed by atoms with E-state index in [1.165, 1.54) is 12.5 Å². The molecule has 2 aromatic heterocycles. The lowest BCUT2D eigenvalue weighted by Crippen LogP contribution is -2.37. The molecule has 1 saturated heterocycles. The minimum Gasteiger partial charge on any atom is -0.378 e. The van der Waals surface area contributed by atoms with Crippen LogP contribution in [0.15, 0.2) is 23.6 Å². The summed E-state index contributed by atoms with van der Waals surface area (Å²) in [5.74, 6) is 1.32. The summed E-state index contributed by atoms with van der Waals surface area (Å²) in [4.78, 5) is 15.0. The van der Waals surface area contributed by atoms with Gasteiger partial charge in [-0.3, -0.25) is 0 Å². The number of anilines is 2. The first-order valence-electron chi connectivity index (χ1n) is 9.30. The maximum atomic E-state index is 12.3. The fourth-order valence-corrected chi connectivity index (χ4v) is 3.72. The van der Waals surface area contributed by atoms with Crippen molar-refractivity contribution >= 4 is 21.8 Å². The van der Waals surface area contributed by atoms with Crippen LogP contribution in [0, 0.1) is 6.92 Å². The molecule has 3 heterocycles. The molecule has 0 bridgehead atoms. The number of morpholine rings is 1. The molecule has 0 radical (unpaired) electrons. The molecule has 1 fully saturated rings. The molecule has 1 aliphatic heterocycles. The Morgan fingerprint density at radius 3 is 2.64 bits per heavy atom. The summed E-state index contributed by atoms with van der Waals surface area (Å²) in [7, 11) is -3.65. The van der Waals surface area contributed by atoms with Gasteiger partial charge in [-0.25, -0.2) is 23.1 Å². The Hall–Kier alpha value is -2.24. The van der Waals surface area contributed by atoms with Crippen molar-refractivity contribution < 1.29 is 13.2 Å². The van der Waals surface area contributed by atoms with E-state index in [1.54, 1.807) is 4.57 Å². The van der Waals surface area contributed by atoms with Crippen LogP contribution in [0.1, 0.15) is 25.6 Å². The van der Waals surface area contributed by atoms with E-state index in [4.69, 9.17) is 4.74 Å². The number of hydrogen-bond acceptors (Lipinski definition) is 8. The zero-order valence-corrected chi connectivity index (χ0v) is 17.2. The van der Waals surface area contributed by atoms with Crippen LogP contribution in [0.2, 0.25) is 0 Å². The number of aryl methyl sites for hydroxylation is 1. The van der Waals surface area contributed by atoms with Gasteiger partial charge in [-0.15, -0.1) is 0 Å². The third kappa shape index (κ3) is 5.18. The number of ether oxygens (including phenoxy) is 1. The first kappa shape index (κ1) is 20.5. The zero-order chi connectivity index (χ0) is 20.1. The highest BCUT2D eigenvalue weighted by molar-refractivity contribution is 7.89. The Bertz CT molecular complexity index is 892. The van der Waals surface area contributed by atoms with E-state index >= 15 is 0 Å². The van der Waals surface area contributed by atoms with Crippen molar-refractivity contribution in [2.24, 2.45) is 0 Å². The van der Waals surface area contributed by atoms with Gasteiger partial charge in [0.05, 0.1) is 19.5 Å². The lowest BCUT2D eigenvalue weighted by molar-refractivity contribution is 0.122. The first-order chi connectivity index (χ1) is 13.3. The standard InChI is InChI=1S/C17H27N7O3S/c1-13(2)24-11-16(19-12-24)28(25,26)20-5-4-18-17-21-14(3)10-15(22-17)23-6-8-27-9-7-23/h10-13,20H,4-9H2,1-3H3,(H,18,21,22). The Kier molecular flexibility index (Phi) is 6.47. The minimum absolute atomic E-state index is 0.0163. The Labute approximate surface area is 165 Å². The molecule has 3 rings (SSSR count). The molecule has 0 amide bonds. The van der Waals surface area contributed by atoms with Gasteiger partial charge in [-0.05, 0) is 20.8 Å². The topological polar surface area (TPSA) is 114 Å². The predicted octanol–water partition coefficient (Wildman–Crippen LogP) is 0.789. The van der Waals surface area contributed by atoms with Gasteiger partial charge >= 0.3 is 0 Å². The van der Waals surface area contributed by atoms with Crippen LogP contribution in [0.3, 0.4) is 0 Å². The average Bonchev–Trinajstić information content (AvgIpc) is 3.17. The number of hydrogen-bond donors (Lipinski definition) is 2. The molecule has 0 aliphatic carbocycles. The van der Waals surface area contributed by atoms with E-state index in [0.29, 0.717) is 25.7 Å². The molecule has 0 aromatic carbocycles. The van der Waals surface area contributed by atoms with Crippen molar-refractivity contribution in [2.75, 3.05) is 49.6 Å². The molecule has 0 atom stereocenters. The lowest BCUT2D eigenvalue weighted by atomic mass is 10.3. The highest BCUT2D eigenvalue weighted by Crippen LogP contribution is 2.16. The number of sulfonamides is 1. The van der Waals surface area contributed by atoms with Crippen molar-refractivity contribution in [1.82, 2.24) is 24.2 Å². The number of aromatic nitrogens is 4. The van der Waals surface area contributed by atoms with Gasteiger partial charge in [0, 0.05) is 50.2 Å². The third-order valence-corrected chi connectivity index (χ3v) is 5.67. The van der Waals surface area contributed by atoms with E-state index < -0.39 is 10.0 Å². The number of nitrogens with zero attached hydrogens (tertiary/aromatic N) is 5. The quantitative estimate of drug-likeness (QED) is 0.615. The van der Waals surface area contributed by atoms with Crippen LogP contribution in [0.5, 0.6) is 0 Å². The molecule has 10 nitrogen and oxygen atoms in total. The summed E-state index contributed by atoms with van der Waals surface area (Å²) in [6, 6.07) is 2.09. The summed E-state index contributed by atoms with van der Waals surface area (Å²) in [5, 5.41) is 3.10. The van der Waals surface area contributed by atoms with Gasteiger partial charge in [0.2, 0.25) is 5.95 Å². The Morgan fingerprint density at radius 1 is 1.21 bits per heavy atom. The van der Waals surface area contributed by atoms with Crippen LogP contribution in [0.25, 0.3) is 0 Å². The maximum absolute atomic E-state index is 12.3. The van der Waals surface area contributed by atoms with Crippen molar-refractivity contribution in [3.05, 3.63) is 24.3 Å². The van der Waals surface area contributed by atoms with Gasteiger partial charge in [-0.2, -0.15) is 4.98 Å². The molecule has 0 saturated carbocycles. The van der Waals surface area contributed by atoms with E-state index in [1.807, 2.05) is 26.8 Å². The van der Waals surface area contributed by atoms with Gasteiger partial charge < -0.3 is 19.5 Å². The smallest absolute Gasteiger partial charge is 0.259 e. The summed E-state index contributed by atoms with van der Waals surface area (Å²) in [6.07, 6.45) is 3.05. The Morgan fingerprint density at radius 2 is 1.96 bits per heavy atom. The van der Waals surface area contributed by atoms with Crippen molar-refractivity contribution in [2.45, 2.75) is 31.8 Å². The third-order valence-electron chi connectivity index (χ3n) is 4.33. The molecule has 11 heteroatoms. The average molecular weight is 410 g/mol. The van der Waals surface area contributed by atoms with Crippen LogP contribution in [-0.2, 0) is 14.8 Å². The molecule has 0 spiro atoms. The highest BCUT2D eigenvalue weighted by atomic mass is 32.2. The second-order valence-electron chi connectivity index (χ2n) is 6.87. The maximum Gasteiger partial charge on any atom is 0.259 e. The van der Waals surface area contributed by atoms with Crippen molar-refractivity contribution in [3.63, 3.8) is 0 Å². The van der Waals surface area contributed by atoms with Crippen LogP contribution in [-0.4, -0.2) is 67.3 Å². The molecule has 2 aromatic rings. The molecule has 1 aliphatic rings. The predicted molar refractivity (Wildman–Crippen MR) is 106 cm³/mol. The monoisotopic (exact) mass is 409 g/mol. The van der Waals surface area contributed by atoms with Crippen molar-refractivity contribution in [1.29, 1.82) is 0 Å². The first-order valence-corrected chi connectivity index (χ1v) is 10.8. The number of nitrogens with one attached hydrogen (secondary N) is 2. The normalized spacial score (nSPS) is 15.2. The minimum atomic E-state index is -3.65. The van der Waals surface area contributed by atoms with Crippen LogP contribution >= 0.6 is 0 Å². The van der Waals surface area contributed by atoms with Gasteiger partial charge in [0.15, 0.2) is 5.03 Å². The Balaban J connectivity index is 1.55. The van der Waals surface area contributed by atoms with E-state index in [2.05, 4.69) is 29.9 Å². The zero-order valence-electron chi connectivity index (χ0n) is 16.4. The number of rotatable bonds is 8. The van der Waals surface area contributed by atoms with Gasteiger partial charge in [-0.1, -0.05) is 0 Å². The number of imidazole rings is 1. The SMILES string of the molecule is Cc1cc(N2CCOCC2)nc(NCCNS(=O)(=O)c2cn(C(C)C)cn2)n1. The molecular formula is C17H27N7O3S. The molecule has 0 unspecified atom stereocenters. The van der Waals surface area contributed by atoms with E-state index in [-0.39, 0.29) is 17.6 Å². The van der Waals surface area contributed by atoms with E-state index in [9.17, 15) is 8.42 Å². The van der Waals surface area contributed by atoms with Gasteiger partial charge in [0.25, 0.3) is 10.0 Å². The van der Waals surface area contributed by atoms with Gasteiger partial charge in [0.1, 0.15) is 5.82 Å². The van der Waals surface area contributed by atoms with E-state index in [0.717, 1.165) is 24.6 Å². The lowest BCUT2D eigenvalue weighted by Gasteiger charge is -2.28. The fourth-order valence-electron chi connectivity index (χ4n) is 2.76. The van der Waals surface area contributed by atoms with Crippen LogP contribution < -0.4 is 14.9 Å². The second-order valence-corrected chi connectivity index (χ2v) is 8.58. The summed E-state index contributed by atoms with van der Waals surface area (Å²) < 4.78 is 34.3. The van der Waals surface area contributed by atoms with Crippen molar-refractivity contribution in [3.8, 4) is 0 Å². The highest BCUT2D eigenvalue weighted by Gasteiger charge is 2.18. The molecule has 154 valence electrons. The molecule has 2 N–H and O–H groups in total. The largest absolute Gasteiger partial charge is 0.378 e. The summed E-state index contributed by atoms with van der Waals surface area (Å²) >= 11 is 0. The second kappa shape index (κ2) is 8.84. The molecular weight excluding hydrogens is 382 g/mol. The fraction of sp³-hybridized carbons (Fsp3) is 0.588.